The van der Waals surface area contributed by atoms with Gasteiger partial charge in [-0.2, -0.15) is 5.10 Å². The summed E-state index contributed by atoms with van der Waals surface area (Å²) in [4.78, 5) is 4.76. The second-order valence-electron chi connectivity index (χ2n) is 4.90. The second-order valence-corrected chi connectivity index (χ2v) is 5.89. The molecule has 0 saturated carbocycles. The van der Waals surface area contributed by atoms with Gasteiger partial charge in [0.05, 0.1) is 0 Å². The van der Waals surface area contributed by atoms with Crippen molar-refractivity contribution in [3.05, 3.63) is 47.5 Å². The molecule has 1 heterocycles. The Morgan fingerprint density at radius 3 is 3.00 bits per heavy atom. The smallest absolute Gasteiger partial charge is 0.138 e. The van der Waals surface area contributed by atoms with Gasteiger partial charge in [0.15, 0.2) is 0 Å². The summed E-state index contributed by atoms with van der Waals surface area (Å²) in [6, 6.07) is 8.72. The number of benzene rings is 1. The highest BCUT2D eigenvalue weighted by atomic mass is 79.9. The third kappa shape index (κ3) is 2.09. The molecule has 4 heteroatoms. The highest BCUT2D eigenvalue weighted by Gasteiger charge is 2.28. The third-order valence-corrected chi connectivity index (χ3v) is 5.04. The SMILES string of the molecule is Cn1ncnc1CC1CCc2ccccc2C1Br. The summed E-state index contributed by atoms with van der Waals surface area (Å²) in [7, 11) is 1.96. The Morgan fingerprint density at radius 1 is 1.39 bits per heavy atom. The van der Waals surface area contributed by atoms with Gasteiger partial charge in [0.25, 0.3) is 0 Å². The first kappa shape index (κ1) is 11.9. The third-order valence-electron chi connectivity index (χ3n) is 3.80. The molecule has 1 aromatic heterocycles. The van der Waals surface area contributed by atoms with Gasteiger partial charge in [0.1, 0.15) is 12.2 Å². The van der Waals surface area contributed by atoms with Crippen LogP contribution in [-0.4, -0.2) is 14.8 Å². The fourth-order valence-electron chi connectivity index (χ4n) is 2.72. The van der Waals surface area contributed by atoms with Crippen LogP contribution in [0.4, 0.5) is 0 Å². The van der Waals surface area contributed by atoms with E-state index < -0.39 is 0 Å². The second kappa shape index (κ2) is 4.84. The minimum atomic E-state index is 0.430. The highest BCUT2D eigenvalue weighted by Crippen LogP contribution is 2.41. The number of halogens is 1. The lowest BCUT2D eigenvalue weighted by atomic mass is 9.82. The summed E-state index contributed by atoms with van der Waals surface area (Å²) in [5.74, 6) is 1.67. The van der Waals surface area contributed by atoms with Crippen LogP contribution >= 0.6 is 15.9 Å². The van der Waals surface area contributed by atoms with E-state index in [9.17, 15) is 0 Å². The zero-order valence-corrected chi connectivity index (χ0v) is 12.0. The first-order valence-electron chi connectivity index (χ1n) is 6.30. The van der Waals surface area contributed by atoms with E-state index in [2.05, 4.69) is 50.3 Å². The van der Waals surface area contributed by atoms with Gasteiger partial charge in [-0.3, -0.25) is 4.68 Å². The van der Waals surface area contributed by atoms with Crippen LogP contribution in [0, 0.1) is 5.92 Å². The maximum absolute atomic E-state index is 4.33. The van der Waals surface area contributed by atoms with E-state index in [1.165, 1.54) is 24.0 Å². The van der Waals surface area contributed by atoms with E-state index in [4.69, 9.17) is 0 Å². The molecule has 3 nitrogen and oxygen atoms in total. The first-order chi connectivity index (χ1) is 8.75. The molecule has 0 saturated heterocycles. The van der Waals surface area contributed by atoms with Crippen molar-refractivity contribution in [3.8, 4) is 0 Å². The van der Waals surface area contributed by atoms with E-state index in [0.717, 1.165) is 12.2 Å². The molecule has 0 bridgehead atoms. The number of aryl methyl sites for hydroxylation is 2. The molecule has 94 valence electrons. The fourth-order valence-corrected chi connectivity index (χ4v) is 3.61. The number of alkyl halides is 1. The number of hydrogen-bond donors (Lipinski definition) is 0. The average Bonchev–Trinajstić information content (AvgIpc) is 2.79. The molecule has 0 spiro atoms. The van der Waals surface area contributed by atoms with Crippen molar-refractivity contribution in [2.45, 2.75) is 24.1 Å². The zero-order chi connectivity index (χ0) is 12.5. The lowest BCUT2D eigenvalue weighted by molar-refractivity contribution is 0.435. The molecule has 0 radical (unpaired) electrons. The Morgan fingerprint density at radius 2 is 2.22 bits per heavy atom. The van der Waals surface area contributed by atoms with Gasteiger partial charge in [-0.05, 0) is 29.9 Å². The van der Waals surface area contributed by atoms with Crippen LogP contribution in [0.25, 0.3) is 0 Å². The van der Waals surface area contributed by atoms with Crippen molar-refractivity contribution >= 4 is 15.9 Å². The maximum Gasteiger partial charge on any atom is 0.138 e. The van der Waals surface area contributed by atoms with Crippen LogP contribution in [0.5, 0.6) is 0 Å². The number of nitrogens with zero attached hydrogens (tertiary/aromatic N) is 3. The minimum Gasteiger partial charge on any atom is -0.253 e. The molecule has 2 unspecified atom stereocenters. The van der Waals surface area contributed by atoms with Gasteiger partial charge >= 0.3 is 0 Å². The summed E-state index contributed by atoms with van der Waals surface area (Å²) in [6.07, 6.45) is 5.00. The minimum absolute atomic E-state index is 0.430. The molecule has 1 aromatic carbocycles. The fraction of sp³-hybridized carbons (Fsp3) is 0.429. The van der Waals surface area contributed by atoms with Crippen LogP contribution in [-0.2, 0) is 19.9 Å². The molecule has 1 aliphatic rings. The largest absolute Gasteiger partial charge is 0.253 e. The Hall–Kier alpha value is -1.16. The predicted octanol–water partition coefficient (Wildman–Crippen LogP) is 3.06. The van der Waals surface area contributed by atoms with Gasteiger partial charge in [-0.1, -0.05) is 40.2 Å². The van der Waals surface area contributed by atoms with Crippen LogP contribution in [0.3, 0.4) is 0 Å². The summed E-state index contributed by atoms with van der Waals surface area (Å²) >= 11 is 3.87. The average molecular weight is 306 g/mol. The number of fused-ring (bicyclic) bond motifs is 1. The van der Waals surface area contributed by atoms with Crippen LogP contribution < -0.4 is 0 Å². The van der Waals surface area contributed by atoms with Crippen LogP contribution in [0.15, 0.2) is 30.6 Å². The van der Waals surface area contributed by atoms with Gasteiger partial charge in [-0.15, -0.1) is 0 Å². The molecule has 18 heavy (non-hydrogen) atoms. The van der Waals surface area contributed by atoms with Crippen LogP contribution in [0.2, 0.25) is 0 Å². The van der Waals surface area contributed by atoms with Crippen LogP contribution in [0.1, 0.15) is 28.2 Å². The molecule has 1 aliphatic carbocycles. The van der Waals surface area contributed by atoms with Gasteiger partial charge in [0.2, 0.25) is 0 Å². The molecule has 0 N–H and O–H groups in total. The summed E-state index contributed by atoms with van der Waals surface area (Å²) in [5, 5.41) is 4.14. The molecule has 0 fully saturated rings. The topological polar surface area (TPSA) is 30.7 Å². The maximum atomic E-state index is 4.33. The van der Waals surface area contributed by atoms with Crippen molar-refractivity contribution in [3.63, 3.8) is 0 Å². The lowest BCUT2D eigenvalue weighted by Crippen LogP contribution is -2.20. The molecule has 0 aliphatic heterocycles. The predicted molar refractivity (Wildman–Crippen MR) is 74.6 cm³/mol. The first-order valence-corrected chi connectivity index (χ1v) is 7.22. The molecule has 0 amide bonds. The Bertz CT molecular complexity index is 549. The normalized spacial score (nSPS) is 22.8. The van der Waals surface area contributed by atoms with E-state index in [1.54, 1.807) is 6.33 Å². The van der Waals surface area contributed by atoms with Crippen molar-refractivity contribution in [1.29, 1.82) is 0 Å². The highest BCUT2D eigenvalue weighted by molar-refractivity contribution is 9.09. The standard InChI is InChI=1S/C14H16BrN3/c1-18-13(16-9-17-18)8-11-7-6-10-4-2-3-5-12(10)14(11)15/h2-5,9,11,14H,6-8H2,1H3. The van der Waals surface area contributed by atoms with E-state index in [1.807, 2.05) is 11.7 Å². The molecular weight excluding hydrogens is 290 g/mol. The van der Waals surface area contributed by atoms with Crippen molar-refractivity contribution in [1.82, 2.24) is 14.8 Å². The van der Waals surface area contributed by atoms with E-state index >= 15 is 0 Å². The van der Waals surface area contributed by atoms with E-state index in [0.29, 0.717) is 10.7 Å². The summed E-state index contributed by atoms with van der Waals surface area (Å²) < 4.78 is 1.88. The molecule has 2 atom stereocenters. The molecule has 2 aromatic rings. The quantitative estimate of drug-likeness (QED) is 0.798. The van der Waals surface area contributed by atoms with Gasteiger partial charge < -0.3 is 0 Å². The van der Waals surface area contributed by atoms with Gasteiger partial charge in [0, 0.05) is 18.3 Å². The number of rotatable bonds is 2. The molecular formula is C14H16BrN3. The van der Waals surface area contributed by atoms with Gasteiger partial charge in [-0.25, -0.2) is 4.98 Å². The number of aromatic nitrogens is 3. The molecule has 3 rings (SSSR count). The Kier molecular flexibility index (Phi) is 3.20. The van der Waals surface area contributed by atoms with E-state index in [-0.39, 0.29) is 0 Å². The lowest BCUT2D eigenvalue weighted by Gasteiger charge is -2.29. The Balaban J connectivity index is 1.83. The van der Waals surface area contributed by atoms with Crippen molar-refractivity contribution < 1.29 is 0 Å². The summed E-state index contributed by atoms with van der Waals surface area (Å²) in [5.41, 5.74) is 2.92. The zero-order valence-electron chi connectivity index (χ0n) is 10.4. The van der Waals surface area contributed by atoms with Crippen molar-refractivity contribution in [2.75, 3.05) is 0 Å². The van der Waals surface area contributed by atoms with Crippen molar-refractivity contribution in [2.24, 2.45) is 13.0 Å². The monoisotopic (exact) mass is 305 g/mol. The Labute approximate surface area is 115 Å². The summed E-state index contributed by atoms with van der Waals surface area (Å²) in [6.45, 7) is 0. The number of hydrogen-bond acceptors (Lipinski definition) is 2.